The van der Waals surface area contributed by atoms with Gasteiger partial charge in [0.05, 0.1) is 24.3 Å². The number of ether oxygens (including phenoxy) is 1. The van der Waals surface area contributed by atoms with Crippen molar-refractivity contribution in [3.8, 4) is 5.69 Å². The Kier molecular flexibility index (Phi) is 4.47. The summed E-state index contributed by atoms with van der Waals surface area (Å²) in [4.78, 5) is 27.6. The number of carbonyl (C=O) groups is 2. The molecule has 2 aromatic carbocycles. The van der Waals surface area contributed by atoms with Crippen LogP contribution in [0, 0.1) is 25.7 Å². The lowest BCUT2D eigenvalue weighted by atomic mass is 9.77. The van der Waals surface area contributed by atoms with Gasteiger partial charge in [0.1, 0.15) is 17.6 Å². The highest BCUT2D eigenvalue weighted by molar-refractivity contribution is 5.91. The first-order valence-corrected chi connectivity index (χ1v) is 11.2. The zero-order valence-electron chi connectivity index (χ0n) is 18.7. The molecule has 0 radical (unpaired) electrons. The highest BCUT2D eigenvalue weighted by Gasteiger charge is 2.68. The number of para-hydroxylation sites is 1. The third kappa shape index (κ3) is 2.80. The molecule has 1 N–H and O–H groups in total. The predicted octanol–water partition coefficient (Wildman–Crippen LogP) is 2.24. The first-order chi connectivity index (χ1) is 16.4. The first-order valence-electron chi connectivity index (χ1n) is 11.2. The second-order valence-electron chi connectivity index (χ2n) is 9.21. The van der Waals surface area contributed by atoms with Gasteiger partial charge < -0.3 is 14.7 Å². The highest BCUT2D eigenvalue weighted by Crippen LogP contribution is 2.53. The van der Waals surface area contributed by atoms with Crippen molar-refractivity contribution in [2.75, 3.05) is 6.54 Å². The molecule has 172 valence electrons. The van der Waals surface area contributed by atoms with E-state index in [0.29, 0.717) is 5.82 Å². The van der Waals surface area contributed by atoms with Crippen LogP contribution in [0.1, 0.15) is 28.6 Å². The molecule has 9 heteroatoms. The normalized spacial score (nSPS) is 27.9. The van der Waals surface area contributed by atoms with Crippen LogP contribution >= 0.6 is 0 Å². The predicted molar refractivity (Wildman–Crippen MR) is 120 cm³/mol. The van der Waals surface area contributed by atoms with E-state index in [4.69, 9.17) is 4.74 Å². The molecule has 6 rings (SSSR count). The van der Waals surface area contributed by atoms with Gasteiger partial charge in [-0.3, -0.25) is 9.59 Å². The summed E-state index contributed by atoms with van der Waals surface area (Å²) >= 11 is 0. The molecule has 5 atom stereocenters. The summed E-state index contributed by atoms with van der Waals surface area (Å²) in [6.07, 6.45) is 3.05. The molecule has 4 heterocycles. The van der Waals surface area contributed by atoms with E-state index in [-0.39, 0.29) is 12.5 Å². The monoisotopic (exact) mass is 457 g/mol. The molecule has 1 aromatic heterocycles. The number of nitrogens with zero attached hydrogens (tertiary/aromatic N) is 5. The smallest absolute Gasteiger partial charge is 0.310 e. The molecular weight excluding hydrogens is 434 g/mol. The Balaban J connectivity index is 1.50. The van der Waals surface area contributed by atoms with E-state index < -0.39 is 35.6 Å². The standard InChI is InChI=1S/C25H23N5O4/c1-14-7-6-8-15(2)20(14)30-22(26-27-28-30)21(16-9-4-3-5-10-16)29-13-25-12-11-17(34-25)18(24(32)33)19(25)23(29)31/h3-12,17-19,21H,13H2,1-2H3,(H,32,33)/t17-,18-,19+,21-,25-/m1/s1. The Morgan fingerprint density at radius 3 is 2.59 bits per heavy atom. The number of carbonyl (C=O) groups excluding carboxylic acids is 1. The van der Waals surface area contributed by atoms with Gasteiger partial charge in [0, 0.05) is 0 Å². The first kappa shape index (κ1) is 20.7. The number of amides is 1. The molecule has 3 aromatic rings. The van der Waals surface area contributed by atoms with E-state index in [1.807, 2.05) is 68.5 Å². The Morgan fingerprint density at radius 2 is 1.88 bits per heavy atom. The van der Waals surface area contributed by atoms with Crippen molar-refractivity contribution in [3.63, 3.8) is 0 Å². The summed E-state index contributed by atoms with van der Waals surface area (Å²) in [5.74, 6) is -2.49. The molecule has 2 saturated heterocycles. The van der Waals surface area contributed by atoms with Crippen LogP contribution in [0.25, 0.3) is 5.69 Å². The Labute approximate surface area is 195 Å². The van der Waals surface area contributed by atoms with Crippen molar-refractivity contribution in [2.24, 2.45) is 11.8 Å². The van der Waals surface area contributed by atoms with Gasteiger partial charge in [-0.2, -0.15) is 4.68 Å². The summed E-state index contributed by atoms with van der Waals surface area (Å²) in [6.45, 7) is 4.21. The van der Waals surface area contributed by atoms with Crippen LogP contribution in [-0.4, -0.2) is 60.3 Å². The second kappa shape index (κ2) is 7.33. The lowest BCUT2D eigenvalue weighted by Crippen LogP contribution is -2.39. The average molecular weight is 457 g/mol. The summed E-state index contributed by atoms with van der Waals surface area (Å²) in [5.41, 5.74) is 2.74. The second-order valence-corrected chi connectivity index (χ2v) is 9.21. The van der Waals surface area contributed by atoms with E-state index in [0.717, 1.165) is 22.4 Å². The van der Waals surface area contributed by atoms with Crippen LogP contribution in [0.5, 0.6) is 0 Å². The van der Waals surface area contributed by atoms with Crippen LogP contribution in [0.2, 0.25) is 0 Å². The highest BCUT2D eigenvalue weighted by atomic mass is 16.5. The molecule has 3 aliphatic rings. The number of likely N-dealkylation sites (tertiary alicyclic amines) is 1. The van der Waals surface area contributed by atoms with E-state index >= 15 is 0 Å². The Hall–Kier alpha value is -3.85. The van der Waals surface area contributed by atoms with Crippen molar-refractivity contribution in [1.29, 1.82) is 0 Å². The Bertz CT molecular complexity index is 1320. The fourth-order valence-corrected chi connectivity index (χ4v) is 5.80. The quantitative estimate of drug-likeness (QED) is 0.585. The van der Waals surface area contributed by atoms with Gasteiger partial charge in [-0.25, -0.2) is 0 Å². The Morgan fingerprint density at radius 1 is 1.15 bits per heavy atom. The number of benzene rings is 2. The van der Waals surface area contributed by atoms with Gasteiger partial charge in [-0.15, -0.1) is 5.10 Å². The van der Waals surface area contributed by atoms with Crippen molar-refractivity contribution in [3.05, 3.63) is 83.2 Å². The van der Waals surface area contributed by atoms with Crippen LogP contribution in [0.15, 0.2) is 60.7 Å². The topological polar surface area (TPSA) is 110 Å². The molecule has 1 amide bonds. The van der Waals surface area contributed by atoms with Crippen LogP contribution in [-0.2, 0) is 14.3 Å². The largest absolute Gasteiger partial charge is 0.481 e. The van der Waals surface area contributed by atoms with Crippen LogP contribution < -0.4 is 0 Å². The van der Waals surface area contributed by atoms with E-state index in [2.05, 4.69) is 15.5 Å². The minimum atomic E-state index is -1.02. The molecule has 0 unspecified atom stereocenters. The maximum Gasteiger partial charge on any atom is 0.310 e. The number of carboxylic acids is 1. The van der Waals surface area contributed by atoms with Gasteiger partial charge in [0.15, 0.2) is 5.82 Å². The number of hydrogen-bond donors (Lipinski definition) is 1. The summed E-state index contributed by atoms with van der Waals surface area (Å²) in [6, 6.07) is 14.9. The fourth-order valence-electron chi connectivity index (χ4n) is 5.80. The lowest BCUT2D eigenvalue weighted by Gasteiger charge is -2.29. The number of aliphatic carboxylic acids is 1. The molecule has 2 bridgehead atoms. The van der Waals surface area contributed by atoms with Gasteiger partial charge in [-0.05, 0) is 41.0 Å². The molecule has 34 heavy (non-hydrogen) atoms. The summed E-state index contributed by atoms with van der Waals surface area (Å²) in [5, 5.41) is 22.5. The number of hydrogen-bond acceptors (Lipinski definition) is 6. The van der Waals surface area contributed by atoms with E-state index in [1.54, 1.807) is 15.7 Å². The maximum absolute atomic E-state index is 13.8. The zero-order valence-corrected chi connectivity index (χ0v) is 18.7. The molecule has 0 saturated carbocycles. The number of carboxylic acid groups (broad SMARTS) is 1. The van der Waals surface area contributed by atoms with Gasteiger partial charge >= 0.3 is 5.97 Å². The molecule has 3 aliphatic heterocycles. The minimum absolute atomic E-state index is 0.229. The third-order valence-electron chi connectivity index (χ3n) is 7.23. The van der Waals surface area contributed by atoms with Crippen molar-refractivity contribution in [2.45, 2.75) is 31.6 Å². The molecule has 9 nitrogen and oxygen atoms in total. The summed E-state index contributed by atoms with van der Waals surface area (Å²) < 4.78 is 7.79. The zero-order chi connectivity index (χ0) is 23.6. The lowest BCUT2D eigenvalue weighted by molar-refractivity contribution is -0.148. The SMILES string of the molecule is Cc1cccc(C)c1-n1nnnc1[C@@H](c1ccccc1)N1C[C@@]23C=C[C@@H](O2)[C@@H](C(=O)O)[C@H]3C1=O. The molecule has 1 spiro atoms. The molecule has 0 aliphatic carbocycles. The van der Waals surface area contributed by atoms with Crippen molar-refractivity contribution >= 4 is 11.9 Å². The van der Waals surface area contributed by atoms with Crippen molar-refractivity contribution < 1.29 is 19.4 Å². The minimum Gasteiger partial charge on any atom is -0.481 e. The number of rotatable bonds is 5. The summed E-state index contributed by atoms with van der Waals surface area (Å²) in [7, 11) is 0. The van der Waals surface area contributed by atoms with Crippen LogP contribution in [0.3, 0.4) is 0 Å². The molecule has 2 fully saturated rings. The number of aryl methyl sites for hydroxylation is 2. The maximum atomic E-state index is 13.8. The molecular formula is C25H23N5O4. The van der Waals surface area contributed by atoms with E-state index in [9.17, 15) is 14.7 Å². The van der Waals surface area contributed by atoms with Gasteiger partial charge in [0.25, 0.3) is 0 Å². The van der Waals surface area contributed by atoms with Crippen LogP contribution in [0.4, 0.5) is 0 Å². The number of tetrazole rings is 1. The van der Waals surface area contributed by atoms with Crippen molar-refractivity contribution in [1.82, 2.24) is 25.1 Å². The van der Waals surface area contributed by atoms with Gasteiger partial charge in [0.2, 0.25) is 5.91 Å². The number of fused-ring (bicyclic) bond motifs is 1. The van der Waals surface area contributed by atoms with Gasteiger partial charge in [-0.1, -0.05) is 60.7 Å². The average Bonchev–Trinajstić information content (AvgIpc) is 3.57. The third-order valence-corrected chi connectivity index (χ3v) is 7.23. The number of aromatic nitrogens is 4. The van der Waals surface area contributed by atoms with E-state index in [1.165, 1.54) is 0 Å². The fraction of sp³-hybridized carbons (Fsp3) is 0.320.